The molecular formula is C13H15N3O3. The van der Waals surface area contributed by atoms with Crippen LogP contribution in [-0.4, -0.2) is 26.5 Å². The maximum Gasteiger partial charge on any atom is 0.335 e. The monoisotopic (exact) mass is 261 g/mol. The molecule has 0 fully saturated rings. The fraction of sp³-hybridized carbons (Fsp3) is 0.308. The number of nitrogens with zero attached hydrogens (tertiary/aromatic N) is 2. The number of aromatic nitrogens is 2. The molecule has 0 spiro atoms. The second-order valence-corrected chi connectivity index (χ2v) is 4.34. The van der Waals surface area contributed by atoms with Crippen LogP contribution < -0.4 is 5.73 Å². The number of aromatic carboxylic acids is 1. The average Bonchev–Trinajstić information content (AvgIpc) is 2.74. The molecule has 1 aromatic carbocycles. The van der Waals surface area contributed by atoms with E-state index in [4.69, 9.17) is 10.8 Å². The molecule has 3 N–H and O–H groups in total. The lowest BCUT2D eigenvalue weighted by Gasteiger charge is -2.13. The Labute approximate surface area is 109 Å². The summed E-state index contributed by atoms with van der Waals surface area (Å²) in [5.74, 6) is -0.780. The van der Waals surface area contributed by atoms with Gasteiger partial charge in [-0.15, -0.1) is 0 Å². The van der Waals surface area contributed by atoms with Gasteiger partial charge in [-0.1, -0.05) is 6.92 Å². The summed E-state index contributed by atoms with van der Waals surface area (Å²) >= 11 is 0. The molecule has 0 aliphatic carbocycles. The van der Waals surface area contributed by atoms with Crippen molar-refractivity contribution in [1.82, 2.24) is 9.55 Å². The maximum atomic E-state index is 11.4. The third kappa shape index (κ3) is 2.16. The quantitative estimate of drug-likeness (QED) is 0.867. The van der Waals surface area contributed by atoms with Gasteiger partial charge in [0.15, 0.2) is 0 Å². The molecule has 1 amide bonds. The second-order valence-electron chi connectivity index (χ2n) is 4.34. The summed E-state index contributed by atoms with van der Waals surface area (Å²) in [5.41, 5.74) is 6.77. The number of amides is 1. The van der Waals surface area contributed by atoms with Gasteiger partial charge in [0.2, 0.25) is 5.91 Å². The van der Waals surface area contributed by atoms with E-state index in [0.29, 0.717) is 23.3 Å². The highest BCUT2D eigenvalue weighted by Gasteiger charge is 2.19. The smallest absolute Gasteiger partial charge is 0.335 e. The summed E-state index contributed by atoms with van der Waals surface area (Å²) in [4.78, 5) is 26.8. The number of carbonyl (C=O) groups excluding carboxylic acids is 1. The third-order valence-corrected chi connectivity index (χ3v) is 3.12. The fourth-order valence-corrected chi connectivity index (χ4v) is 2.08. The molecule has 0 aliphatic heterocycles. The van der Waals surface area contributed by atoms with Gasteiger partial charge < -0.3 is 15.4 Å². The van der Waals surface area contributed by atoms with Crippen molar-refractivity contribution in [3.63, 3.8) is 0 Å². The standard InChI is InChI=1S/C13H15N3O3/c1-3-11-15-9-5-4-8(13(18)19)6-10(9)16(11)7(2)12(14)17/h4-7H,3H2,1-2H3,(H2,14,17)(H,18,19). The topological polar surface area (TPSA) is 98.2 Å². The Balaban J connectivity index is 2.73. The maximum absolute atomic E-state index is 11.4. The minimum atomic E-state index is -1.01. The number of aryl methyl sites for hydroxylation is 1. The van der Waals surface area contributed by atoms with Crippen LogP contribution in [0.2, 0.25) is 0 Å². The number of carbonyl (C=O) groups is 2. The summed E-state index contributed by atoms with van der Waals surface area (Å²) in [6, 6.07) is 4.09. The number of hydrogen-bond donors (Lipinski definition) is 2. The van der Waals surface area contributed by atoms with Crippen molar-refractivity contribution in [2.45, 2.75) is 26.3 Å². The summed E-state index contributed by atoms with van der Waals surface area (Å²) in [7, 11) is 0. The minimum absolute atomic E-state index is 0.160. The molecule has 0 saturated heterocycles. The molecule has 0 saturated carbocycles. The van der Waals surface area contributed by atoms with Gasteiger partial charge in [0.05, 0.1) is 16.6 Å². The van der Waals surface area contributed by atoms with Crippen LogP contribution in [0.4, 0.5) is 0 Å². The van der Waals surface area contributed by atoms with Crippen molar-refractivity contribution < 1.29 is 14.7 Å². The second kappa shape index (κ2) is 4.72. The van der Waals surface area contributed by atoms with E-state index in [1.165, 1.54) is 12.1 Å². The van der Waals surface area contributed by atoms with Crippen LogP contribution in [0.1, 0.15) is 36.1 Å². The Morgan fingerprint density at radius 2 is 2.16 bits per heavy atom. The predicted octanol–water partition coefficient (Wildman–Crippen LogP) is 1.34. The predicted molar refractivity (Wildman–Crippen MR) is 70.0 cm³/mol. The van der Waals surface area contributed by atoms with Crippen LogP contribution in [-0.2, 0) is 11.2 Å². The highest BCUT2D eigenvalue weighted by molar-refractivity contribution is 5.93. The number of primary amides is 1. The first-order valence-corrected chi connectivity index (χ1v) is 5.99. The molecule has 1 atom stereocenters. The molecule has 1 aromatic heterocycles. The lowest BCUT2D eigenvalue weighted by molar-refractivity contribution is -0.120. The molecular weight excluding hydrogens is 246 g/mol. The van der Waals surface area contributed by atoms with Gasteiger partial charge in [-0.3, -0.25) is 4.79 Å². The van der Waals surface area contributed by atoms with Crippen molar-refractivity contribution in [3.8, 4) is 0 Å². The zero-order valence-corrected chi connectivity index (χ0v) is 10.8. The first-order valence-electron chi connectivity index (χ1n) is 5.99. The van der Waals surface area contributed by atoms with E-state index >= 15 is 0 Å². The molecule has 0 aliphatic rings. The number of rotatable bonds is 4. The van der Waals surface area contributed by atoms with Crippen molar-refractivity contribution in [2.24, 2.45) is 5.73 Å². The van der Waals surface area contributed by atoms with E-state index in [1.807, 2.05) is 6.92 Å². The molecule has 19 heavy (non-hydrogen) atoms. The minimum Gasteiger partial charge on any atom is -0.478 e. The Hall–Kier alpha value is -2.37. The van der Waals surface area contributed by atoms with Gasteiger partial charge in [-0.2, -0.15) is 0 Å². The number of hydrogen-bond acceptors (Lipinski definition) is 3. The normalized spacial score (nSPS) is 12.5. The lowest BCUT2D eigenvalue weighted by Crippen LogP contribution is -2.25. The van der Waals surface area contributed by atoms with Gasteiger partial charge in [0, 0.05) is 6.42 Å². The van der Waals surface area contributed by atoms with Crippen molar-refractivity contribution in [1.29, 1.82) is 0 Å². The van der Waals surface area contributed by atoms with Crippen LogP contribution >= 0.6 is 0 Å². The van der Waals surface area contributed by atoms with Crippen LogP contribution in [0.3, 0.4) is 0 Å². The van der Waals surface area contributed by atoms with Crippen LogP contribution in [0.15, 0.2) is 18.2 Å². The van der Waals surface area contributed by atoms with Crippen molar-refractivity contribution in [2.75, 3.05) is 0 Å². The van der Waals surface area contributed by atoms with E-state index in [0.717, 1.165) is 0 Å². The number of carboxylic acid groups (broad SMARTS) is 1. The van der Waals surface area contributed by atoms with Crippen LogP contribution in [0.25, 0.3) is 11.0 Å². The summed E-state index contributed by atoms with van der Waals surface area (Å²) in [5, 5.41) is 9.03. The average molecular weight is 261 g/mol. The van der Waals surface area contributed by atoms with Crippen LogP contribution in [0, 0.1) is 0 Å². The fourth-order valence-electron chi connectivity index (χ4n) is 2.08. The molecule has 1 unspecified atom stereocenters. The molecule has 0 radical (unpaired) electrons. The number of nitrogens with two attached hydrogens (primary N) is 1. The Morgan fingerprint density at radius 1 is 1.47 bits per heavy atom. The summed E-state index contributed by atoms with van der Waals surface area (Å²) < 4.78 is 1.70. The molecule has 0 bridgehead atoms. The number of benzene rings is 1. The SMILES string of the molecule is CCc1nc2ccc(C(=O)O)cc2n1C(C)C(N)=O. The first-order chi connectivity index (χ1) is 8.95. The number of carboxylic acids is 1. The van der Waals surface area contributed by atoms with Gasteiger partial charge >= 0.3 is 5.97 Å². The van der Waals surface area contributed by atoms with E-state index in [-0.39, 0.29) is 5.56 Å². The summed E-state index contributed by atoms with van der Waals surface area (Å²) in [6.07, 6.45) is 0.634. The largest absolute Gasteiger partial charge is 0.478 e. The van der Waals surface area contributed by atoms with E-state index in [2.05, 4.69) is 4.98 Å². The van der Waals surface area contributed by atoms with E-state index in [9.17, 15) is 9.59 Å². The molecule has 2 aromatic rings. The van der Waals surface area contributed by atoms with Gasteiger partial charge in [-0.05, 0) is 25.1 Å². The van der Waals surface area contributed by atoms with Crippen LogP contribution in [0.5, 0.6) is 0 Å². The molecule has 1 heterocycles. The Kier molecular flexibility index (Phi) is 3.25. The third-order valence-electron chi connectivity index (χ3n) is 3.12. The number of fused-ring (bicyclic) bond motifs is 1. The highest BCUT2D eigenvalue weighted by Crippen LogP contribution is 2.23. The Bertz CT molecular complexity index is 660. The molecule has 6 nitrogen and oxygen atoms in total. The Morgan fingerprint density at radius 3 is 2.68 bits per heavy atom. The zero-order valence-electron chi connectivity index (χ0n) is 10.8. The van der Waals surface area contributed by atoms with E-state index in [1.54, 1.807) is 17.6 Å². The van der Waals surface area contributed by atoms with Gasteiger partial charge in [0.25, 0.3) is 0 Å². The molecule has 100 valence electrons. The van der Waals surface area contributed by atoms with Gasteiger partial charge in [-0.25, -0.2) is 9.78 Å². The summed E-state index contributed by atoms with van der Waals surface area (Å²) in [6.45, 7) is 3.60. The highest BCUT2D eigenvalue weighted by atomic mass is 16.4. The number of imidazole rings is 1. The van der Waals surface area contributed by atoms with Crippen molar-refractivity contribution >= 4 is 22.9 Å². The van der Waals surface area contributed by atoms with E-state index < -0.39 is 17.9 Å². The van der Waals surface area contributed by atoms with Crippen molar-refractivity contribution in [3.05, 3.63) is 29.6 Å². The lowest BCUT2D eigenvalue weighted by atomic mass is 10.2. The van der Waals surface area contributed by atoms with Gasteiger partial charge in [0.1, 0.15) is 11.9 Å². The molecule has 6 heteroatoms. The zero-order chi connectivity index (χ0) is 14.2. The molecule has 2 rings (SSSR count). The first kappa shape index (κ1) is 13.1.